The first-order valence-corrected chi connectivity index (χ1v) is 8.94. The summed E-state index contributed by atoms with van der Waals surface area (Å²) in [5, 5.41) is 9.02. The first-order valence-electron chi connectivity index (χ1n) is 8.94. The summed E-state index contributed by atoms with van der Waals surface area (Å²) < 4.78 is 1.82. The largest absolute Gasteiger partial charge is 0.480 e. The van der Waals surface area contributed by atoms with Crippen LogP contribution in [0.4, 0.5) is 0 Å². The van der Waals surface area contributed by atoms with Gasteiger partial charge in [-0.2, -0.15) is 0 Å². The molecule has 2 aliphatic heterocycles. The minimum Gasteiger partial charge on any atom is -0.480 e. The van der Waals surface area contributed by atoms with Gasteiger partial charge in [-0.05, 0) is 32.0 Å². The van der Waals surface area contributed by atoms with Gasteiger partial charge in [0.25, 0.3) is 5.91 Å². The molecule has 0 aromatic carbocycles. The number of carboxylic acid groups (broad SMARTS) is 1. The summed E-state index contributed by atoms with van der Waals surface area (Å²) in [5.41, 5.74) is 0.365. The molecule has 1 aromatic heterocycles. The van der Waals surface area contributed by atoms with Gasteiger partial charge in [-0.1, -0.05) is 0 Å². The molecule has 3 heterocycles. The number of nitrogens with zero attached hydrogens (tertiary/aromatic N) is 4. The Morgan fingerprint density at radius 1 is 1.19 bits per heavy atom. The molecule has 2 amide bonds. The van der Waals surface area contributed by atoms with E-state index in [9.17, 15) is 14.4 Å². The molecule has 8 heteroatoms. The SMILES string of the molecule is CN1CCN(C(=O)c2cccn2C)CC12CCC(=O)N(CC(=O)O)CC2. The summed E-state index contributed by atoms with van der Waals surface area (Å²) >= 11 is 0. The lowest BCUT2D eigenvalue weighted by molar-refractivity contribution is -0.144. The fraction of sp³-hybridized carbons (Fsp3) is 0.611. The Morgan fingerprint density at radius 2 is 1.96 bits per heavy atom. The Kier molecular flexibility index (Phi) is 5.04. The number of aryl methyl sites for hydroxylation is 1. The molecule has 142 valence electrons. The van der Waals surface area contributed by atoms with E-state index in [0.29, 0.717) is 44.6 Å². The summed E-state index contributed by atoms with van der Waals surface area (Å²) in [6, 6.07) is 3.67. The van der Waals surface area contributed by atoms with Crippen LogP contribution in [0.5, 0.6) is 0 Å². The Morgan fingerprint density at radius 3 is 2.62 bits per heavy atom. The van der Waals surface area contributed by atoms with Crippen molar-refractivity contribution < 1.29 is 19.5 Å². The Hall–Kier alpha value is -2.35. The van der Waals surface area contributed by atoms with E-state index in [4.69, 9.17) is 5.11 Å². The van der Waals surface area contributed by atoms with Gasteiger partial charge in [-0.25, -0.2) is 0 Å². The van der Waals surface area contributed by atoms with E-state index >= 15 is 0 Å². The third kappa shape index (κ3) is 3.46. The summed E-state index contributed by atoms with van der Waals surface area (Å²) in [6.07, 6.45) is 3.46. The number of likely N-dealkylation sites (N-methyl/N-ethyl adjacent to an activating group) is 1. The second-order valence-electron chi connectivity index (χ2n) is 7.34. The second kappa shape index (κ2) is 7.11. The van der Waals surface area contributed by atoms with Crippen molar-refractivity contribution in [2.24, 2.45) is 7.05 Å². The zero-order chi connectivity index (χ0) is 18.9. The average molecular weight is 362 g/mol. The molecule has 0 bridgehead atoms. The standard InChI is InChI=1S/C18H26N4O4/c1-19-8-3-4-14(19)17(26)22-11-10-20(2)18(13-22)6-5-15(23)21(9-7-18)12-16(24)25/h3-4,8H,5-7,9-13H2,1-2H3,(H,24,25). The van der Waals surface area contributed by atoms with Crippen LogP contribution in [0.1, 0.15) is 29.8 Å². The van der Waals surface area contributed by atoms with Gasteiger partial charge < -0.3 is 19.5 Å². The Labute approximate surface area is 153 Å². The van der Waals surface area contributed by atoms with Crippen LogP contribution in [0, 0.1) is 0 Å². The topological polar surface area (TPSA) is 86.1 Å². The normalized spacial score (nSPS) is 24.8. The minimum atomic E-state index is -0.994. The summed E-state index contributed by atoms with van der Waals surface area (Å²) in [6.45, 7) is 2.09. The highest BCUT2D eigenvalue weighted by Gasteiger charge is 2.43. The molecule has 1 aromatic rings. The lowest BCUT2D eigenvalue weighted by Crippen LogP contribution is -2.62. The smallest absolute Gasteiger partial charge is 0.323 e. The number of aliphatic carboxylic acids is 1. The molecule has 0 aliphatic carbocycles. The molecule has 0 saturated carbocycles. The lowest BCUT2D eigenvalue weighted by Gasteiger charge is -2.49. The predicted octanol–water partition coefficient (Wildman–Crippen LogP) is 0.249. The molecule has 2 saturated heterocycles. The maximum Gasteiger partial charge on any atom is 0.323 e. The van der Waals surface area contributed by atoms with Crippen LogP contribution in [0.2, 0.25) is 0 Å². The highest BCUT2D eigenvalue weighted by atomic mass is 16.4. The zero-order valence-corrected chi connectivity index (χ0v) is 15.3. The van der Waals surface area contributed by atoms with Crippen LogP contribution in [-0.4, -0.2) is 87.5 Å². The molecule has 1 unspecified atom stereocenters. The maximum absolute atomic E-state index is 12.9. The summed E-state index contributed by atoms with van der Waals surface area (Å²) in [5.74, 6) is -1.11. The summed E-state index contributed by atoms with van der Waals surface area (Å²) in [4.78, 5) is 41.7. The van der Waals surface area contributed by atoms with Crippen molar-refractivity contribution in [2.45, 2.75) is 24.8 Å². The van der Waals surface area contributed by atoms with Crippen molar-refractivity contribution in [3.05, 3.63) is 24.0 Å². The highest BCUT2D eigenvalue weighted by molar-refractivity contribution is 5.93. The van der Waals surface area contributed by atoms with Crippen molar-refractivity contribution in [1.29, 1.82) is 0 Å². The van der Waals surface area contributed by atoms with Crippen molar-refractivity contribution in [2.75, 3.05) is 39.8 Å². The molecule has 26 heavy (non-hydrogen) atoms. The van der Waals surface area contributed by atoms with Crippen LogP contribution in [0.25, 0.3) is 0 Å². The molecule has 3 rings (SSSR count). The number of piperazine rings is 1. The van der Waals surface area contributed by atoms with Crippen molar-refractivity contribution in [1.82, 2.24) is 19.3 Å². The average Bonchev–Trinajstić information content (AvgIpc) is 2.97. The van der Waals surface area contributed by atoms with Crippen LogP contribution < -0.4 is 0 Å². The third-order valence-corrected chi connectivity index (χ3v) is 5.78. The molecule has 1 N–H and O–H groups in total. The van der Waals surface area contributed by atoms with E-state index in [1.807, 2.05) is 41.9 Å². The molecule has 1 spiro atoms. The van der Waals surface area contributed by atoms with E-state index in [2.05, 4.69) is 4.90 Å². The van der Waals surface area contributed by atoms with E-state index in [1.165, 1.54) is 4.90 Å². The number of hydrogen-bond acceptors (Lipinski definition) is 4. The van der Waals surface area contributed by atoms with Gasteiger partial charge >= 0.3 is 5.97 Å². The fourth-order valence-corrected chi connectivity index (χ4v) is 4.04. The van der Waals surface area contributed by atoms with Crippen molar-refractivity contribution in [3.8, 4) is 0 Å². The van der Waals surface area contributed by atoms with Crippen LogP contribution in [-0.2, 0) is 16.6 Å². The lowest BCUT2D eigenvalue weighted by atomic mass is 9.86. The van der Waals surface area contributed by atoms with Gasteiger partial charge in [0.2, 0.25) is 5.91 Å². The number of likely N-dealkylation sites (tertiary alicyclic amines) is 1. The maximum atomic E-state index is 12.9. The number of hydrogen-bond donors (Lipinski definition) is 1. The Balaban J connectivity index is 1.77. The molecule has 2 aliphatic rings. The van der Waals surface area contributed by atoms with Crippen LogP contribution >= 0.6 is 0 Å². The quantitative estimate of drug-likeness (QED) is 0.833. The fourth-order valence-electron chi connectivity index (χ4n) is 4.04. The molecular formula is C18H26N4O4. The molecule has 0 radical (unpaired) electrons. The van der Waals surface area contributed by atoms with E-state index in [1.54, 1.807) is 0 Å². The molecule has 1 atom stereocenters. The highest BCUT2D eigenvalue weighted by Crippen LogP contribution is 2.32. The van der Waals surface area contributed by atoms with E-state index in [0.717, 1.165) is 6.54 Å². The first-order chi connectivity index (χ1) is 12.3. The Bertz CT molecular complexity index is 716. The molecule has 2 fully saturated rings. The van der Waals surface area contributed by atoms with Gasteiger partial charge in [0.15, 0.2) is 0 Å². The molecular weight excluding hydrogens is 336 g/mol. The monoisotopic (exact) mass is 362 g/mol. The number of aromatic nitrogens is 1. The van der Waals surface area contributed by atoms with Gasteiger partial charge in [-0.15, -0.1) is 0 Å². The van der Waals surface area contributed by atoms with E-state index in [-0.39, 0.29) is 23.9 Å². The van der Waals surface area contributed by atoms with Gasteiger partial charge in [0, 0.05) is 51.4 Å². The summed E-state index contributed by atoms with van der Waals surface area (Å²) in [7, 11) is 3.88. The minimum absolute atomic E-state index is 0.00272. The van der Waals surface area contributed by atoms with Gasteiger partial charge in [-0.3, -0.25) is 19.3 Å². The van der Waals surface area contributed by atoms with Gasteiger partial charge in [0.1, 0.15) is 12.2 Å². The van der Waals surface area contributed by atoms with Crippen molar-refractivity contribution >= 4 is 17.8 Å². The van der Waals surface area contributed by atoms with Crippen LogP contribution in [0.15, 0.2) is 18.3 Å². The second-order valence-corrected chi connectivity index (χ2v) is 7.34. The first kappa shape index (κ1) is 18.4. The third-order valence-electron chi connectivity index (χ3n) is 5.78. The predicted molar refractivity (Wildman–Crippen MR) is 94.7 cm³/mol. The number of rotatable bonds is 3. The zero-order valence-electron chi connectivity index (χ0n) is 15.3. The number of carboxylic acids is 1. The van der Waals surface area contributed by atoms with E-state index < -0.39 is 5.97 Å². The number of carbonyl (C=O) groups is 3. The van der Waals surface area contributed by atoms with Crippen molar-refractivity contribution in [3.63, 3.8) is 0 Å². The molecule has 8 nitrogen and oxygen atoms in total. The number of amides is 2. The van der Waals surface area contributed by atoms with Gasteiger partial charge in [0.05, 0.1) is 0 Å². The number of carbonyl (C=O) groups excluding carboxylic acids is 2. The van der Waals surface area contributed by atoms with Crippen LogP contribution in [0.3, 0.4) is 0 Å².